The second-order valence-corrected chi connectivity index (χ2v) is 6.50. The maximum absolute atomic E-state index is 6.11. The van der Waals surface area contributed by atoms with Gasteiger partial charge in [-0.2, -0.15) is 0 Å². The summed E-state index contributed by atoms with van der Waals surface area (Å²) in [4.78, 5) is 4.67. The zero-order chi connectivity index (χ0) is 14.0. The molecular formula is C15H27BN2O. The first kappa shape index (κ1) is 14.5. The van der Waals surface area contributed by atoms with Crippen molar-refractivity contribution in [2.75, 3.05) is 0 Å². The predicted octanol–water partition coefficient (Wildman–Crippen LogP) is 2.66. The number of nitrogens with zero attached hydrogens (tertiary/aromatic N) is 2. The highest BCUT2D eigenvalue weighted by molar-refractivity contribution is 6.11. The molecule has 0 fully saturated rings. The van der Waals surface area contributed by atoms with Gasteiger partial charge in [-0.25, -0.2) is 4.99 Å². The van der Waals surface area contributed by atoms with E-state index in [2.05, 4.69) is 45.1 Å². The van der Waals surface area contributed by atoms with Gasteiger partial charge in [0.15, 0.2) is 0 Å². The Kier molecular flexibility index (Phi) is 4.59. The fraction of sp³-hybridized carbons (Fsp3) is 0.800. The average Bonchev–Trinajstić information content (AvgIpc) is 2.58. The van der Waals surface area contributed by atoms with Crippen LogP contribution in [0.25, 0.3) is 0 Å². The molecule has 0 N–H and O–H groups in total. The fourth-order valence-electron chi connectivity index (χ4n) is 2.93. The Morgan fingerprint density at radius 3 is 2.63 bits per heavy atom. The van der Waals surface area contributed by atoms with Crippen molar-refractivity contribution in [3.05, 3.63) is 17.1 Å². The lowest BCUT2D eigenvalue weighted by atomic mass is 9.78. The molecule has 0 saturated heterocycles. The lowest BCUT2D eigenvalue weighted by molar-refractivity contribution is 0.402. The summed E-state index contributed by atoms with van der Waals surface area (Å²) in [6, 6.07) is 0.694. The van der Waals surface area contributed by atoms with Crippen molar-refractivity contribution < 1.29 is 4.42 Å². The van der Waals surface area contributed by atoms with Gasteiger partial charge < -0.3 is 4.42 Å². The van der Waals surface area contributed by atoms with Gasteiger partial charge in [-0.15, -0.1) is 0 Å². The van der Waals surface area contributed by atoms with E-state index in [1.807, 2.05) is 0 Å². The molecule has 1 heterocycles. The average molecular weight is 262 g/mol. The Hall–Kier alpha value is -0.925. The summed E-state index contributed by atoms with van der Waals surface area (Å²) in [7, 11) is 2.33. The minimum absolute atomic E-state index is 0.277. The fourth-order valence-corrected chi connectivity index (χ4v) is 2.93. The molecule has 1 aliphatic carbocycles. The molecular weight excluding hydrogens is 235 g/mol. The van der Waals surface area contributed by atoms with Gasteiger partial charge in [0.25, 0.3) is 5.68 Å². The van der Waals surface area contributed by atoms with Crippen LogP contribution in [-0.4, -0.2) is 18.5 Å². The molecule has 0 saturated carbocycles. The molecule has 106 valence electrons. The van der Waals surface area contributed by atoms with Crippen LogP contribution in [0, 0.1) is 0 Å². The third-order valence-corrected chi connectivity index (χ3v) is 3.81. The van der Waals surface area contributed by atoms with Gasteiger partial charge in [0, 0.05) is 18.5 Å². The zero-order valence-electron chi connectivity index (χ0n) is 13.1. The van der Waals surface area contributed by atoms with Crippen molar-refractivity contribution in [2.24, 2.45) is 4.99 Å². The summed E-state index contributed by atoms with van der Waals surface area (Å²) in [6.07, 6.45) is 6.12. The number of oxazole rings is 1. The van der Waals surface area contributed by atoms with Crippen molar-refractivity contribution in [1.29, 1.82) is 0 Å². The molecule has 0 radical (unpaired) electrons. The van der Waals surface area contributed by atoms with Crippen LogP contribution in [0.3, 0.4) is 0 Å². The highest BCUT2D eigenvalue weighted by Crippen LogP contribution is 2.26. The van der Waals surface area contributed by atoms with E-state index in [0.717, 1.165) is 24.3 Å². The monoisotopic (exact) mass is 262 g/mol. The number of aromatic nitrogens is 1. The van der Waals surface area contributed by atoms with E-state index in [1.54, 1.807) is 0 Å². The van der Waals surface area contributed by atoms with Crippen molar-refractivity contribution in [3.63, 3.8) is 0 Å². The molecule has 1 aliphatic rings. The van der Waals surface area contributed by atoms with E-state index in [4.69, 9.17) is 4.42 Å². The minimum atomic E-state index is 0.277. The van der Waals surface area contributed by atoms with Gasteiger partial charge in [0.2, 0.25) is 0 Å². The van der Waals surface area contributed by atoms with Crippen molar-refractivity contribution in [1.82, 2.24) is 4.57 Å². The van der Waals surface area contributed by atoms with Gasteiger partial charge in [0.1, 0.15) is 13.6 Å². The third kappa shape index (κ3) is 3.34. The maximum atomic E-state index is 6.11. The Morgan fingerprint density at radius 2 is 2.00 bits per heavy atom. The highest BCUT2D eigenvalue weighted by Gasteiger charge is 2.21. The second-order valence-electron chi connectivity index (χ2n) is 6.50. The molecule has 0 aromatic carbocycles. The molecule has 1 unspecified atom stereocenters. The van der Waals surface area contributed by atoms with Crippen LogP contribution >= 0.6 is 0 Å². The van der Waals surface area contributed by atoms with Gasteiger partial charge in [0.05, 0.1) is 5.69 Å². The maximum Gasteiger partial charge on any atom is 0.297 e. The van der Waals surface area contributed by atoms with Crippen LogP contribution in [0.2, 0.25) is 5.82 Å². The van der Waals surface area contributed by atoms with Crippen molar-refractivity contribution >= 4 is 7.85 Å². The SMILES string of the molecule is BC1CCCCc2c(o/c(=N\C(C)C)n2C(C)C)C1. The summed E-state index contributed by atoms with van der Waals surface area (Å²) in [6.45, 7) is 8.65. The summed E-state index contributed by atoms with van der Waals surface area (Å²) < 4.78 is 8.42. The van der Waals surface area contributed by atoms with E-state index in [-0.39, 0.29) is 6.04 Å². The topological polar surface area (TPSA) is 30.4 Å². The Labute approximate surface area is 117 Å². The van der Waals surface area contributed by atoms with Crippen molar-refractivity contribution in [2.45, 2.75) is 77.7 Å². The molecule has 3 nitrogen and oxygen atoms in total. The first-order valence-corrected chi connectivity index (χ1v) is 7.76. The van der Waals surface area contributed by atoms with E-state index in [1.165, 1.54) is 30.7 Å². The summed E-state index contributed by atoms with van der Waals surface area (Å²) in [5.74, 6) is 1.90. The number of fused-ring (bicyclic) bond motifs is 1. The van der Waals surface area contributed by atoms with E-state index < -0.39 is 0 Å². The first-order valence-electron chi connectivity index (χ1n) is 7.76. The smallest absolute Gasteiger partial charge is 0.297 e. The quantitative estimate of drug-likeness (QED) is 0.754. The van der Waals surface area contributed by atoms with Crippen LogP contribution in [0.5, 0.6) is 0 Å². The normalized spacial score (nSPS) is 21.6. The first-order chi connectivity index (χ1) is 8.99. The molecule has 0 spiro atoms. The number of rotatable bonds is 2. The second kappa shape index (κ2) is 6.02. The van der Waals surface area contributed by atoms with E-state index >= 15 is 0 Å². The van der Waals surface area contributed by atoms with Crippen LogP contribution in [0.4, 0.5) is 0 Å². The number of hydrogen-bond donors (Lipinski definition) is 0. The third-order valence-electron chi connectivity index (χ3n) is 3.81. The largest absolute Gasteiger partial charge is 0.428 e. The van der Waals surface area contributed by atoms with Gasteiger partial charge in [-0.05, 0) is 40.5 Å². The molecule has 2 rings (SSSR count). The summed E-state index contributed by atoms with van der Waals surface area (Å²) in [5.41, 5.74) is 2.21. The molecule has 1 atom stereocenters. The lowest BCUT2D eigenvalue weighted by Gasteiger charge is -2.17. The summed E-state index contributed by atoms with van der Waals surface area (Å²) in [5, 5.41) is 0. The molecule has 4 heteroatoms. The predicted molar refractivity (Wildman–Crippen MR) is 81.3 cm³/mol. The minimum Gasteiger partial charge on any atom is -0.428 e. The van der Waals surface area contributed by atoms with E-state index in [0.29, 0.717) is 6.04 Å². The standard InChI is InChI=1S/C15H27BN2O/c1-10(2)17-15-18(11(3)4)13-8-6-5-7-12(16)9-14(13)19-15/h10-12H,5-9,16H2,1-4H3/b17-15-. The van der Waals surface area contributed by atoms with Gasteiger partial charge >= 0.3 is 0 Å². The molecule has 0 aliphatic heterocycles. The Bertz CT molecular complexity index is 485. The zero-order valence-corrected chi connectivity index (χ0v) is 13.1. The van der Waals surface area contributed by atoms with Gasteiger partial charge in [-0.1, -0.05) is 18.7 Å². The van der Waals surface area contributed by atoms with Crippen LogP contribution in [-0.2, 0) is 12.8 Å². The number of hydrogen-bond acceptors (Lipinski definition) is 2. The van der Waals surface area contributed by atoms with Crippen LogP contribution in [0.1, 0.15) is 64.5 Å². The molecule has 1 aromatic rings. The van der Waals surface area contributed by atoms with Crippen LogP contribution < -0.4 is 5.68 Å². The lowest BCUT2D eigenvalue weighted by Crippen LogP contribution is -2.22. The highest BCUT2D eigenvalue weighted by atomic mass is 16.4. The Balaban J connectivity index is 2.53. The van der Waals surface area contributed by atoms with Crippen LogP contribution in [0.15, 0.2) is 9.41 Å². The Morgan fingerprint density at radius 1 is 1.26 bits per heavy atom. The molecule has 1 aromatic heterocycles. The van der Waals surface area contributed by atoms with E-state index in [9.17, 15) is 0 Å². The molecule has 0 bridgehead atoms. The molecule has 0 amide bonds. The van der Waals surface area contributed by atoms with Gasteiger partial charge in [-0.3, -0.25) is 4.57 Å². The summed E-state index contributed by atoms with van der Waals surface area (Å²) >= 11 is 0. The van der Waals surface area contributed by atoms with Crippen molar-refractivity contribution in [3.8, 4) is 0 Å². The molecule has 19 heavy (non-hydrogen) atoms.